The lowest BCUT2D eigenvalue weighted by molar-refractivity contribution is -0.0107. The Morgan fingerprint density at radius 2 is 1.67 bits per heavy atom. The van der Waals surface area contributed by atoms with E-state index in [1.54, 1.807) is 21.3 Å². The zero-order valence-electron chi connectivity index (χ0n) is 12.6. The van der Waals surface area contributed by atoms with Crippen LogP contribution in [0.2, 0.25) is 0 Å². The molecule has 2 N–H and O–H groups in total. The van der Waals surface area contributed by atoms with Crippen molar-refractivity contribution < 1.29 is 14.2 Å². The van der Waals surface area contributed by atoms with Crippen molar-refractivity contribution in [1.29, 1.82) is 0 Å². The van der Waals surface area contributed by atoms with Gasteiger partial charge in [0.1, 0.15) is 0 Å². The Kier molecular flexibility index (Phi) is 9.59. The van der Waals surface area contributed by atoms with Gasteiger partial charge in [0, 0.05) is 53.6 Å². The summed E-state index contributed by atoms with van der Waals surface area (Å²) in [5.74, 6) is 0. The summed E-state index contributed by atoms with van der Waals surface area (Å²) >= 11 is 0. The molecular formula is C13H30N2O3. The Labute approximate surface area is 112 Å². The molecule has 110 valence electrons. The predicted octanol–water partition coefficient (Wildman–Crippen LogP) is 0.724. The van der Waals surface area contributed by atoms with Gasteiger partial charge in [-0.2, -0.15) is 0 Å². The fourth-order valence-corrected chi connectivity index (χ4v) is 1.60. The molecule has 0 aromatic heterocycles. The highest BCUT2D eigenvalue weighted by Crippen LogP contribution is 2.13. The quantitative estimate of drug-likeness (QED) is 0.556. The lowest BCUT2D eigenvalue weighted by atomic mass is 9.99. The summed E-state index contributed by atoms with van der Waals surface area (Å²) in [5.41, 5.74) is 5.89. The second kappa shape index (κ2) is 9.69. The summed E-state index contributed by atoms with van der Waals surface area (Å²) in [6.45, 7) is 8.16. The van der Waals surface area contributed by atoms with Gasteiger partial charge in [-0.15, -0.1) is 0 Å². The van der Waals surface area contributed by atoms with E-state index < -0.39 is 0 Å². The summed E-state index contributed by atoms with van der Waals surface area (Å²) in [5, 5.41) is 0. The fraction of sp³-hybridized carbons (Fsp3) is 1.00. The second-order valence-electron chi connectivity index (χ2n) is 5.05. The average molecular weight is 262 g/mol. The molecule has 0 aliphatic carbocycles. The Morgan fingerprint density at radius 1 is 1.06 bits per heavy atom. The van der Waals surface area contributed by atoms with Gasteiger partial charge >= 0.3 is 0 Å². The van der Waals surface area contributed by atoms with Gasteiger partial charge in [-0.3, -0.25) is 4.90 Å². The van der Waals surface area contributed by atoms with Crippen LogP contribution in [0.15, 0.2) is 0 Å². The zero-order chi connectivity index (χ0) is 14.0. The van der Waals surface area contributed by atoms with Gasteiger partial charge in [-0.25, -0.2) is 0 Å². The van der Waals surface area contributed by atoms with E-state index in [2.05, 4.69) is 4.90 Å². The molecular weight excluding hydrogens is 232 g/mol. The largest absolute Gasteiger partial charge is 0.385 e. The fourth-order valence-electron chi connectivity index (χ4n) is 1.60. The van der Waals surface area contributed by atoms with Crippen LogP contribution >= 0.6 is 0 Å². The van der Waals surface area contributed by atoms with Gasteiger partial charge in [-0.05, 0) is 20.3 Å². The summed E-state index contributed by atoms with van der Waals surface area (Å²) in [4.78, 5) is 2.30. The number of hydrogen-bond acceptors (Lipinski definition) is 5. The molecule has 0 bridgehead atoms. The van der Waals surface area contributed by atoms with Crippen molar-refractivity contribution in [2.75, 3.05) is 54.2 Å². The molecule has 5 heteroatoms. The average Bonchev–Trinajstić information content (AvgIpc) is 2.35. The highest BCUT2D eigenvalue weighted by Gasteiger charge is 2.27. The van der Waals surface area contributed by atoms with Crippen molar-refractivity contribution in [3.8, 4) is 0 Å². The normalized spacial score (nSPS) is 14.2. The van der Waals surface area contributed by atoms with Gasteiger partial charge in [0.15, 0.2) is 0 Å². The highest BCUT2D eigenvalue weighted by atomic mass is 16.5. The van der Waals surface area contributed by atoms with E-state index in [-0.39, 0.29) is 11.6 Å². The SMILES string of the molecule is COCCCN(CCOC)CC(N)C(C)(C)OC. The summed E-state index contributed by atoms with van der Waals surface area (Å²) in [6.07, 6.45) is 1.00. The molecule has 0 saturated heterocycles. The summed E-state index contributed by atoms with van der Waals surface area (Å²) < 4.78 is 15.6. The summed E-state index contributed by atoms with van der Waals surface area (Å²) in [6, 6.07) is -0.0260. The number of rotatable bonds is 11. The summed E-state index contributed by atoms with van der Waals surface area (Å²) in [7, 11) is 5.13. The van der Waals surface area contributed by atoms with Crippen molar-refractivity contribution in [2.24, 2.45) is 5.73 Å². The van der Waals surface area contributed by atoms with Crippen LogP contribution in [-0.2, 0) is 14.2 Å². The Bertz CT molecular complexity index is 201. The van der Waals surface area contributed by atoms with Crippen molar-refractivity contribution >= 4 is 0 Å². The minimum Gasteiger partial charge on any atom is -0.385 e. The maximum Gasteiger partial charge on any atom is 0.0785 e. The Morgan fingerprint density at radius 3 is 2.17 bits per heavy atom. The van der Waals surface area contributed by atoms with E-state index in [1.807, 2.05) is 13.8 Å². The molecule has 0 heterocycles. The molecule has 0 saturated carbocycles. The van der Waals surface area contributed by atoms with E-state index >= 15 is 0 Å². The monoisotopic (exact) mass is 262 g/mol. The number of methoxy groups -OCH3 is 3. The van der Waals surface area contributed by atoms with Crippen molar-refractivity contribution in [3.05, 3.63) is 0 Å². The predicted molar refractivity (Wildman–Crippen MR) is 73.9 cm³/mol. The molecule has 0 aliphatic heterocycles. The maximum absolute atomic E-state index is 6.20. The van der Waals surface area contributed by atoms with Crippen LogP contribution in [0.3, 0.4) is 0 Å². The van der Waals surface area contributed by atoms with E-state index in [0.717, 1.165) is 32.7 Å². The molecule has 0 spiro atoms. The first-order valence-electron chi connectivity index (χ1n) is 6.49. The van der Waals surface area contributed by atoms with Crippen LogP contribution in [-0.4, -0.2) is 70.7 Å². The molecule has 0 fully saturated rings. The van der Waals surface area contributed by atoms with Crippen LogP contribution in [0, 0.1) is 0 Å². The Hall–Kier alpha value is -0.200. The number of hydrogen-bond donors (Lipinski definition) is 1. The highest BCUT2D eigenvalue weighted by molar-refractivity contribution is 4.85. The smallest absolute Gasteiger partial charge is 0.0785 e. The van der Waals surface area contributed by atoms with Crippen molar-refractivity contribution in [3.63, 3.8) is 0 Å². The van der Waals surface area contributed by atoms with Crippen LogP contribution in [0.25, 0.3) is 0 Å². The minimum atomic E-state index is -0.313. The zero-order valence-corrected chi connectivity index (χ0v) is 12.6. The molecule has 1 atom stereocenters. The molecule has 0 aromatic carbocycles. The molecule has 0 aliphatic rings. The first-order valence-corrected chi connectivity index (χ1v) is 6.49. The van der Waals surface area contributed by atoms with E-state index in [4.69, 9.17) is 19.9 Å². The van der Waals surface area contributed by atoms with Crippen molar-refractivity contribution in [2.45, 2.75) is 31.9 Å². The molecule has 5 nitrogen and oxygen atoms in total. The topological polar surface area (TPSA) is 57.0 Å². The van der Waals surface area contributed by atoms with Crippen LogP contribution in [0.4, 0.5) is 0 Å². The molecule has 18 heavy (non-hydrogen) atoms. The Balaban J connectivity index is 4.20. The molecule has 0 amide bonds. The van der Waals surface area contributed by atoms with Gasteiger partial charge in [0.25, 0.3) is 0 Å². The van der Waals surface area contributed by atoms with Gasteiger partial charge in [0.05, 0.1) is 12.2 Å². The van der Waals surface area contributed by atoms with Crippen LogP contribution in [0.5, 0.6) is 0 Å². The van der Waals surface area contributed by atoms with Gasteiger partial charge in [-0.1, -0.05) is 0 Å². The third-order valence-electron chi connectivity index (χ3n) is 3.31. The number of ether oxygens (including phenoxy) is 3. The van der Waals surface area contributed by atoms with Crippen LogP contribution < -0.4 is 5.73 Å². The van der Waals surface area contributed by atoms with E-state index in [1.165, 1.54) is 0 Å². The number of nitrogens with zero attached hydrogens (tertiary/aromatic N) is 1. The maximum atomic E-state index is 6.20. The molecule has 0 rings (SSSR count). The van der Waals surface area contributed by atoms with Gasteiger partial charge < -0.3 is 19.9 Å². The second-order valence-corrected chi connectivity index (χ2v) is 5.05. The van der Waals surface area contributed by atoms with Gasteiger partial charge in [0.2, 0.25) is 0 Å². The molecule has 1 unspecified atom stereocenters. The van der Waals surface area contributed by atoms with E-state index in [9.17, 15) is 0 Å². The number of nitrogens with two attached hydrogens (primary N) is 1. The molecule has 0 aromatic rings. The third-order valence-corrected chi connectivity index (χ3v) is 3.31. The molecule has 0 radical (unpaired) electrons. The lowest BCUT2D eigenvalue weighted by Gasteiger charge is -2.34. The van der Waals surface area contributed by atoms with Crippen LogP contribution in [0.1, 0.15) is 20.3 Å². The van der Waals surface area contributed by atoms with E-state index in [0.29, 0.717) is 6.61 Å². The van der Waals surface area contributed by atoms with Crippen molar-refractivity contribution in [1.82, 2.24) is 4.90 Å². The lowest BCUT2D eigenvalue weighted by Crippen LogP contribution is -2.52. The third kappa shape index (κ3) is 7.28. The first-order chi connectivity index (χ1) is 8.47. The standard InChI is InChI=1S/C13H30N2O3/c1-13(2,18-5)12(14)11-15(8-10-17-4)7-6-9-16-3/h12H,6-11,14H2,1-5H3. The first kappa shape index (κ1) is 17.8. The minimum absolute atomic E-state index is 0.0260.